The van der Waals surface area contributed by atoms with E-state index in [0.29, 0.717) is 12.1 Å². The average molecular weight is 234 g/mol. The Kier molecular flexibility index (Phi) is 4.93. The molecule has 90 valence electrons. The van der Waals surface area contributed by atoms with Crippen LogP contribution >= 0.6 is 0 Å². The highest BCUT2D eigenvalue weighted by molar-refractivity contribution is 5.81. The van der Waals surface area contributed by atoms with Crippen LogP contribution in [-0.4, -0.2) is 24.0 Å². The number of azide groups is 1. The molecule has 0 fully saturated rings. The van der Waals surface area contributed by atoms with E-state index in [1.165, 1.54) is 0 Å². The summed E-state index contributed by atoms with van der Waals surface area (Å²) in [5.41, 5.74) is 15.0. The molecule has 1 rings (SSSR count). The van der Waals surface area contributed by atoms with Gasteiger partial charge in [-0.15, -0.1) is 0 Å². The van der Waals surface area contributed by atoms with E-state index in [9.17, 15) is 4.79 Å². The Bertz CT molecular complexity index is 423. The highest BCUT2D eigenvalue weighted by Gasteiger charge is 2.16. The maximum absolute atomic E-state index is 11.3. The molecule has 0 aliphatic heterocycles. The Morgan fingerprint density at radius 2 is 2.47 bits per heavy atom. The van der Waals surface area contributed by atoms with Crippen LogP contribution in [0.15, 0.2) is 23.4 Å². The van der Waals surface area contributed by atoms with E-state index in [1.54, 1.807) is 18.3 Å². The third-order valence-corrected chi connectivity index (χ3v) is 2.18. The van der Waals surface area contributed by atoms with Crippen molar-refractivity contribution in [3.05, 3.63) is 40.0 Å². The molecule has 1 unspecified atom stereocenters. The molecule has 0 saturated carbocycles. The Hall–Kier alpha value is -2.11. The Morgan fingerprint density at radius 1 is 1.71 bits per heavy atom. The molecule has 1 aromatic heterocycles. The summed E-state index contributed by atoms with van der Waals surface area (Å²) in [7, 11) is 0. The van der Waals surface area contributed by atoms with Gasteiger partial charge in [0.1, 0.15) is 6.04 Å². The number of nitrogens with two attached hydrogens (primary N) is 1. The van der Waals surface area contributed by atoms with Crippen molar-refractivity contribution in [2.75, 3.05) is 13.1 Å². The monoisotopic (exact) mass is 234 g/mol. The fourth-order valence-electron chi connectivity index (χ4n) is 1.34. The third-order valence-electron chi connectivity index (χ3n) is 2.18. The van der Waals surface area contributed by atoms with Gasteiger partial charge in [-0.3, -0.25) is 9.78 Å². The molecule has 7 nitrogen and oxygen atoms in total. The lowest BCUT2D eigenvalue weighted by atomic mass is 10.1. The van der Waals surface area contributed by atoms with Gasteiger partial charge in [0.15, 0.2) is 0 Å². The topological polar surface area (TPSA) is 117 Å². The van der Waals surface area contributed by atoms with Crippen molar-refractivity contribution in [3.63, 3.8) is 0 Å². The first-order chi connectivity index (χ1) is 8.15. The molecule has 1 heterocycles. The number of rotatable bonds is 6. The molecule has 17 heavy (non-hydrogen) atoms. The molecule has 0 bridgehead atoms. The lowest BCUT2D eigenvalue weighted by molar-refractivity contribution is -0.120. The first-order valence-corrected chi connectivity index (χ1v) is 5.11. The second kappa shape index (κ2) is 6.47. The van der Waals surface area contributed by atoms with Crippen LogP contribution in [0.5, 0.6) is 0 Å². The van der Waals surface area contributed by atoms with Gasteiger partial charge in [0.25, 0.3) is 0 Å². The molecule has 1 amide bonds. The zero-order valence-electron chi connectivity index (χ0n) is 9.50. The number of carbonyl (C=O) groups excluding carboxylic acids is 1. The SMILES string of the molecule is Cc1ccc(C(NCCN=[N+]=[N-])C(N)=O)cn1. The number of primary amides is 1. The fourth-order valence-corrected chi connectivity index (χ4v) is 1.34. The maximum atomic E-state index is 11.3. The van der Waals surface area contributed by atoms with E-state index in [-0.39, 0.29) is 6.54 Å². The summed E-state index contributed by atoms with van der Waals surface area (Å²) in [5.74, 6) is -0.489. The quantitative estimate of drug-likeness (QED) is 0.328. The second-order valence-corrected chi connectivity index (χ2v) is 3.48. The van der Waals surface area contributed by atoms with Gasteiger partial charge >= 0.3 is 0 Å². The number of amides is 1. The fraction of sp³-hybridized carbons (Fsp3) is 0.400. The van der Waals surface area contributed by atoms with Crippen LogP contribution < -0.4 is 11.1 Å². The minimum atomic E-state index is -0.614. The van der Waals surface area contributed by atoms with E-state index in [2.05, 4.69) is 20.3 Å². The lowest BCUT2D eigenvalue weighted by Gasteiger charge is -2.14. The molecular formula is C10H14N6O. The van der Waals surface area contributed by atoms with Gasteiger partial charge < -0.3 is 11.1 Å². The van der Waals surface area contributed by atoms with E-state index in [1.807, 2.05) is 6.92 Å². The Labute approximate surface area is 98.7 Å². The average Bonchev–Trinajstić information content (AvgIpc) is 2.30. The number of aromatic nitrogens is 1. The predicted octanol–water partition coefficient (Wildman–Crippen LogP) is 0.816. The van der Waals surface area contributed by atoms with Crippen LogP contribution in [0, 0.1) is 6.92 Å². The first-order valence-electron chi connectivity index (χ1n) is 5.11. The van der Waals surface area contributed by atoms with Crippen molar-refractivity contribution in [1.29, 1.82) is 0 Å². The Morgan fingerprint density at radius 3 is 3.00 bits per heavy atom. The highest BCUT2D eigenvalue weighted by Crippen LogP contribution is 2.11. The molecule has 1 atom stereocenters. The van der Waals surface area contributed by atoms with Crippen molar-refractivity contribution >= 4 is 5.91 Å². The minimum Gasteiger partial charge on any atom is -0.368 e. The summed E-state index contributed by atoms with van der Waals surface area (Å²) in [5, 5.41) is 6.27. The normalized spacial score (nSPS) is 11.6. The molecule has 0 aromatic carbocycles. The van der Waals surface area contributed by atoms with Crippen LogP contribution in [-0.2, 0) is 4.79 Å². The van der Waals surface area contributed by atoms with Gasteiger partial charge in [0.2, 0.25) is 5.91 Å². The van der Waals surface area contributed by atoms with Crippen molar-refractivity contribution in [1.82, 2.24) is 10.3 Å². The zero-order chi connectivity index (χ0) is 12.7. The summed E-state index contributed by atoms with van der Waals surface area (Å²) in [4.78, 5) is 18.0. The van der Waals surface area contributed by atoms with Crippen LogP contribution in [0.2, 0.25) is 0 Å². The summed E-state index contributed by atoms with van der Waals surface area (Å²) < 4.78 is 0. The molecule has 3 N–H and O–H groups in total. The van der Waals surface area contributed by atoms with E-state index in [0.717, 1.165) is 5.69 Å². The molecule has 0 aliphatic carbocycles. The molecule has 0 saturated heterocycles. The van der Waals surface area contributed by atoms with Crippen LogP contribution in [0.3, 0.4) is 0 Å². The second-order valence-electron chi connectivity index (χ2n) is 3.48. The molecule has 1 aromatic rings. The third kappa shape index (κ3) is 4.10. The lowest BCUT2D eigenvalue weighted by Crippen LogP contribution is -2.35. The summed E-state index contributed by atoms with van der Waals surface area (Å²) in [6.45, 7) is 2.50. The summed E-state index contributed by atoms with van der Waals surface area (Å²) in [6, 6.07) is 2.98. The number of aryl methyl sites for hydroxylation is 1. The number of pyridine rings is 1. The molecule has 0 spiro atoms. The van der Waals surface area contributed by atoms with Gasteiger partial charge in [-0.2, -0.15) is 0 Å². The van der Waals surface area contributed by atoms with Crippen molar-refractivity contribution in [2.45, 2.75) is 13.0 Å². The van der Waals surface area contributed by atoms with E-state index < -0.39 is 11.9 Å². The minimum absolute atomic E-state index is 0.263. The number of carbonyl (C=O) groups is 1. The van der Waals surface area contributed by atoms with Gasteiger partial charge in [-0.1, -0.05) is 11.2 Å². The van der Waals surface area contributed by atoms with Gasteiger partial charge in [0.05, 0.1) is 0 Å². The largest absolute Gasteiger partial charge is 0.368 e. The smallest absolute Gasteiger partial charge is 0.239 e. The van der Waals surface area contributed by atoms with Crippen LogP contribution in [0.4, 0.5) is 0 Å². The van der Waals surface area contributed by atoms with Gasteiger partial charge in [-0.05, 0) is 24.1 Å². The number of nitrogens with one attached hydrogen (secondary N) is 1. The Balaban J connectivity index is 2.68. The predicted molar refractivity (Wildman–Crippen MR) is 62.9 cm³/mol. The zero-order valence-corrected chi connectivity index (χ0v) is 9.50. The van der Waals surface area contributed by atoms with E-state index >= 15 is 0 Å². The number of hydrogen-bond donors (Lipinski definition) is 2. The standard InChI is InChI=1S/C10H14N6O/c1-7-2-3-8(6-14-7)9(10(11)17)13-4-5-15-16-12/h2-3,6,9,13H,4-5H2,1H3,(H2,11,17). The van der Waals surface area contributed by atoms with Crippen molar-refractivity contribution in [2.24, 2.45) is 10.8 Å². The number of hydrogen-bond acceptors (Lipinski definition) is 4. The summed E-state index contributed by atoms with van der Waals surface area (Å²) >= 11 is 0. The van der Waals surface area contributed by atoms with Crippen LogP contribution in [0.25, 0.3) is 10.4 Å². The van der Waals surface area contributed by atoms with Crippen molar-refractivity contribution < 1.29 is 4.79 Å². The van der Waals surface area contributed by atoms with Gasteiger partial charge in [0, 0.05) is 29.9 Å². The maximum Gasteiger partial charge on any atom is 0.239 e. The van der Waals surface area contributed by atoms with E-state index in [4.69, 9.17) is 11.3 Å². The molecule has 0 aliphatic rings. The molecular weight excluding hydrogens is 220 g/mol. The molecule has 0 radical (unpaired) electrons. The van der Waals surface area contributed by atoms with Crippen molar-refractivity contribution in [3.8, 4) is 0 Å². The van der Waals surface area contributed by atoms with Crippen LogP contribution in [0.1, 0.15) is 17.3 Å². The number of nitrogens with zero attached hydrogens (tertiary/aromatic N) is 4. The summed E-state index contributed by atoms with van der Waals surface area (Å²) in [6.07, 6.45) is 1.60. The highest BCUT2D eigenvalue weighted by atomic mass is 16.1. The first kappa shape index (κ1) is 13.0. The molecule has 7 heteroatoms. The van der Waals surface area contributed by atoms with Gasteiger partial charge in [-0.25, -0.2) is 0 Å².